The van der Waals surface area contributed by atoms with Crippen LogP contribution in [0.15, 0.2) is 47.5 Å². The minimum atomic E-state index is -0.00977. The molecule has 132 valence electrons. The lowest BCUT2D eigenvalue weighted by Crippen LogP contribution is -2.41. The van der Waals surface area contributed by atoms with E-state index < -0.39 is 0 Å². The number of hydrogen-bond donors (Lipinski definition) is 2. The van der Waals surface area contributed by atoms with Gasteiger partial charge in [-0.25, -0.2) is 0 Å². The number of halogens is 1. The normalized spacial score (nSPS) is 20.6. The minimum Gasteiger partial charge on any atom is -0.508 e. The monoisotopic (exact) mass is 356 g/mol. The summed E-state index contributed by atoms with van der Waals surface area (Å²) in [5, 5.41) is 14.5. The summed E-state index contributed by atoms with van der Waals surface area (Å²) in [6.45, 7) is 6.46. The van der Waals surface area contributed by atoms with Gasteiger partial charge in [0.15, 0.2) is 0 Å². The van der Waals surface area contributed by atoms with Crippen molar-refractivity contribution >= 4 is 17.3 Å². The van der Waals surface area contributed by atoms with Crippen molar-refractivity contribution in [3.05, 3.63) is 64.2 Å². The number of benzene rings is 2. The fourth-order valence-electron chi connectivity index (χ4n) is 3.19. The van der Waals surface area contributed by atoms with Crippen molar-refractivity contribution in [2.24, 2.45) is 10.9 Å². The highest BCUT2D eigenvalue weighted by atomic mass is 35.5. The third-order valence-corrected chi connectivity index (χ3v) is 4.99. The van der Waals surface area contributed by atoms with Crippen molar-refractivity contribution in [1.29, 1.82) is 0 Å². The SMILES string of the molecule is CCc1ccc(C2=N[C@H](C(C)C)N[C@@H](c3cc(Cl)ccc3O)C2)cc1. The maximum absolute atomic E-state index is 10.3. The molecule has 0 saturated carbocycles. The van der Waals surface area contributed by atoms with Gasteiger partial charge in [0.05, 0.1) is 0 Å². The number of nitrogens with one attached hydrogen (secondary N) is 1. The molecular weight excluding hydrogens is 332 g/mol. The second kappa shape index (κ2) is 7.59. The molecule has 0 fully saturated rings. The van der Waals surface area contributed by atoms with Crippen LogP contribution in [-0.4, -0.2) is 17.0 Å². The highest BCUT2D eigenvalue weighted by molar-refractivity contribution is 6.30. The minimum absolute atomic E-state index is 0.00977. The molecule has 2 aromatic carbocycles. The Hall–Kier alpha value is -1.84. The summed E-state index contributed by atoms with van der Waals surface area (Å²) < 4.78 is 0. The summed E-state index contributed by atoms with van der Waals surface area (Å²) >= 11 is 6.15. The molecule has 4 heteroatoms. The molecule has 0 bridgehead atoms. The van der Waals surface area contributed by atoms with Crippen molar-refractivity contribution in [1.82, 2.24) is 5.32 Å². The van der Waals surface area contributed by atoms with Crippen LogP contribution in [-0.2, 0) is 6.42 Å². The number of nitrogens with zero attached hydrogens (tertiary/aromatic N) is 1. The van der Waals surface area contributed by atoms with Gasteiger partial charge in [-0.1, -0.05) is 56.6 Å². The Morgan fingerprint density at radius 3 is 2.56 bits per heavy atom. The molecule has 25 heavy (non-hydrogen) atoms. The standard InChI is InChI=1S/C21H25ClN2O/c1-4-14-5-7-15(8-6-14)18-12-19(24-21(23-18)13(2)3)17-11-16(22)9-10-20(17)25/h5-11,13,19,21,24-25H,4,12H2,1-3H3/t19-,21+/m1/s1. The van der Waals surface area contributed by atoms with Gasteiger partial charge in [-0.3, -0.25) is 10.3 Å². The van der Waals surface area contributed by atoms with Crippen LogP contribution >= 0.6 is 11.6 Å². The Morgan fingerprint density at radius 2 is 1.92 bits per heavy atom. The zero-order chi connectivity index (χ0) is 18.0. The molecule has 3 rings (SSSR count). The lowest BCUT2D eigenvalue weighted by atomic mass is 9.92. The maximum Gasteiger partial charge on any atom is 0.120 e. The van der Waals surface area contributed by atoms with Gasteiger partial charge in [-0.2, -0.15) is 0 Å². The molecule has 0 saturated heterocycles. The third-order valence-electron chi connectivity index (χ3n) is 4.76. The molecule has 3 nitrogen and oxygen atoms in total. The quantitative estimate of drug-likeness (QED) is 0.799. The van der Waals surface area contributed by atoms with Crippen LogP contribution < -0.4 is 5.32 Å². The number of rotatable bonds is 4. The molecule has 0 radical (unpaired) electrons. The van der Waals surface area contributed by atoms with Crippen molar-refractivity contribution in [2.45, 2.75) is 45.8 Å². The maximum atomic E-state index is 10.3. The molecule has 0 aliphatic carbocycles. The van der Waals surface area contributed by atoms with Gasteiger partial charge in [0, 0.05) is 28.8 Å². The van der Waals surface area contributed by atoms with Crippen LogP contribution in [0.5, 0.6) is 5.75 Å². The molecule has 2 atom stereocenters. The van der Waals surface area contributed by atoms with Crippen molar-refractivity contribution in [2.75, 3.05) is 0 Å². The van der Waals surface area contributed by atoms with Crippen LogP contribution in [0.3, 0.4) is 0 Å². The van der Waals surface area contributed by atoms with Crippen LogP contribution in [0.4, 0.5) is 0 Å². The highest BCUT2D eigenvalue weighted by Crippen LogP contribution is 2.33. The molecule has 2 N–H and O–H groups in total. The Labute approximate surface area is 154 Å². The smallest absolute Gasteiger partial charge is 0.120 e. The van der Waals surface area contributed by atoms with E-state index in [0.29, 0.717) is 10.9 Å². The number of phenolic OH excluding ortho intramolecular Hbond substituents is 1. The van der Waals surface area contributed by atoms with Gasteiger partial charge in [-0.15, -0.1) is 0 Å². The Morgan fingerprint density at radius 1 is 1.20 bits per heavy atom. The zero-order valence-electron chi connectivity index (χ0n) is 15.0. The van der Waals surface area contributed by atoms with Crippen LogP contribution in [0.25, 0.3) is 0 Å². The molecular formula is C21H25ClN2O. The van der Waals surface area contributed by atoms with E-state index in [1.165, 1.54) is 5.56 Å². The predicted molar refractivity (Wildman–Crippen MR) is 105 cm³/mol. The van der Waals surface area contributed by atoms with E-state index in [4.69, 9.17) is 16.6 Å². The van der Waals surface area contributed by atoms with E-state index in [1.807, 2.05) is 6.07 Å². The highest BCUT2D eigenvalue weighted by Gasteiger charge is 2.28. The van der Waals surface area contributed by atoms with E-state index in [-0.39, 0.29) is 18.0 Å². The Bertz CT molecular complexity index is 768. The first-order valence-electron chi connectivity index (χ1n) is 8.88. The lowest BCUT2D eigenvalue weighted by Gasteiger charge is -2.32. The van der Waals surface area contributed by atoms with Crippen molar-refractivity contribution in [3.63, 3.8) is 0 Å². The Kier molecular flexibility index (Phi) is 5.45. The molecule has 0 unspecified atom stereocenters. The topological polar surface area (TPSA) is 44.6 Å². The molecule has 1 aliphatic rings. The largest absolute Gasteiger partial charge is 0.508 e. The molecule has 1 aliphatic heterocycles. The van der Waals surface area contributed by atoms with Gasteiger partial charge in [0.1, 0.15) is 11.9 Å². The van der Waals surface area contributed by atoms with E-state index in [1.54, 1.807) is 12.1 Å². The second-order valence-corrected chi connectivity index (χ2v) is 7.38. The van der Waals surface area contributed by atoms with E-state index in [2.05, 4.69) is 50.4 Å². The van der Waals surface area contributed by atoms with Crippen LogP contribution in [0.2, 0.25) is 5.02 Å². The number of phenols is 1. The first-order valence-corrected chi connectivity index (χ1v) is 9.26. The number of hydrogen-bond acceptors (Lipinski definition) is 3. The van der Waals surface area contributed by atoms with Crippen molar-refractivity contribution < 1.29 is 5.11 Å². The first kappa shape index (κ1) is 18.0. The molecule has 0 amide bonds. The van der Waals surface area contributed by atoms with E-state index >= 15 is 0 Å². The van der Waals surface area contributed by atoms with E-state index in [9.17, 15) is 5.11 Å². The Balaban J connectivity index is 1.95. The molecule has 1 heterocycles. The van der Waals surface area contributed by atoms with E-state index in [0.717, 1.165) is 29.7 Å². The predicted octanol–water partition coefficient (Wildman–Crippen LogP) is 5.11. The summed E-state index contributed by atoms with van der Waals surface area (Å²) in [6.07, 6.45) is 1.77. The average molecular weight is 357 g/mol. The lowest BCUT2D eigenvalue weighted by molar-refractivity contribution is 0.345. The zero-order valence-corrected chi connectivity index (χ0v) is 15.7. The molecule has 0 spiro atoms. The van der Waals surface area contributed by atoms with Gasteiger partial charge in [-0.05, 0) is 41.7 Å². The summed E-state index contributed by atoms with van der Waals surface area (Å²) in [7, 11) is 0. The summed E-state index contributed by atoms with van der Waals surface area (Å²) in [6, 6.07) is 13.8. The number of aliphatic imine (C=N–C) groups is 1. The summed E-state index contributed by atoms with van der Waals surface area (Å²) in [4.78, 5) is 4.93. The molecule has 0 aromatic heterocycles. The summed E-state index contributed by atoms with van der Waals surface area (Å²) in [5.41, 5.74) is 4.37. The van der Waals surface area contributed by atoms with Crippen LogP contribution in [0.1, 0.15) is 49.9 Å². The number of aryl methyl sites for hydroxylation is 1. The second-order valence-electron chi connectivity index (χ2n) is 6.94. The van der Waals surface area contributed by atoms with Gasteiger partial charge >= 0.3 is 0 Å². The fraction of sp³-hybridized carbons (Fsp3) is 0.381. The van der Waals surface area contributed by atoms with Gasteiger partial charge < -0.3 is 5.11 Å². The van der Waals surface area contributed by atoms with Gasteiger partial charge in [0.2, 0.25) is 0 Å². The fourth-order valence-corrected chi connectivity index (χ4v) is 3.37. The third kappa shape index (κ3) is 4.05. The summed E-state index contributed by atoms with van der Waals surface area (Å²) in [5.74, 6) is 0.626. The van der Waals surface area contributed by atoms with Crippen LogP contribution in [0, 0.1) is 5.92 Å². The number of aromatic hydroxyl groups is 1. The van der Waals surface area contributed by atoms with Gasteiger partial charge in [0.25, 0.3) is 0 Å². The van der Waals surface area contributed by atoms with Crippen molar-refractivity contribution in [3.8, 4) is 5.75 Å². The first-order chi connectivity index (χ1) is 12.0. The average Bonchev–Trinajstić information content (AvgIpc) is 2.63. The molecule has 2 aromatic rings.